The molecule has 2 atom stereocenters. The topological polar surface area (TPSA) is 99.7 Å². The largest absolute Gasteiger partial charge is 0.341 e. The predicted molar refractivity (Wildman–Crippen MR) is 118 cm³/mol. The second-order valence-electron chi connectivity index (χ2n) is 7.99. The van der Waals surface area contributed by atoms with E-state index < -0.39 is 16.1 Å². The monoisotopic (exact) mass is 462 g/mol. The van der Waals surface area contributed by atoms with Crippen LogP contribution in [0.3, 0.4) is 0 Å². The van der Waals surface area contributed by atoms with Gasteiger partial charge in [-0.3, -0.25) is 9.59 Å². The van der Waals surface area contributed by atoms with Crippen molar-refractivity contribution in [2.24, 2.45) is 5.92 Å². The summed E-state index contributed by atoms with van der Waals surface area (Å²) in [6.45, 7) is 3.05. The Labute approximate surface area is 186 Å². The second-order valence-corrected chi connectivity index (χ2v) is 11.1. The summed E-state index contributed by atoms with van der Waals surface area (Å²) in [4.78, 5) is 31.9. The molecule has 2 aliphatic heterocycles. The lowest BCUT2D eigenvalue weighted by atomic mass is 9.96. The van der Waals surface area contributed by atoms with Gasteiger partial charge in [0.15, 0.2) is 0 Å². The van der Waals surface area contributed by atoms with Gasteiger partial charge in [-0.1, -0.05) is 12.1 Å². The first-order valence-corrected chi connectivity index (χ1v) is 12.8. The third kappa shape index (κ3) is 4.51. The standard InChI is InChI=1S/C21H26N4O4S2/c1-15-6-2-10-22-19(15)23-20(26)16-7-3-11-24(14-16)21(27)17-8-4-12-25(17)31(28,29)18-9-5-13-30-18/h2,5-6,9-10,13,16-17H,3-4,7-8,11-12,14H2,1H3,(H,22,23,26). The maximum Gasteiger partial charge on any atom is 0.253 e. The molecule has 0 saturated carbocycles. The molecule has 2 aromatic rings. The quantitative estimate of drug-likeness (QED) is 0.736. The Morgan fingerprint density at radius 2 is 1.97 bits per heavy atom. The molecule has 31 heavy (non-hydrogen) atoms. The number of hydrogen-bond acceptors (Lipinski definition) is 6. The molecule has 4 heterocycles. The summed E-state index contributed by atoms with van der Waals surface area (Å²) in [5.41, 5.74) is 0.875. The van der Waals surface area contributed by atoms with E-state index >= 15 is 0 Å². The number of amides is 2. The predicted octanol–water partition coefficient (Wildman–Crippen LogP) is 2.48. The molecule has 2 aliphatic rings. The highest BCUT2D eigenvalue weighted by atomic mass is 32.2. The molecule has 0 aliphatic carbocycles. The SMILES string of the molecule is Cc1cccnc1NC(=O)C1CCCN(C(=O)C2CCCN2S(=O)(=O)c2cccs2)C1. The van der Waals surface area contributed by atoms with Crippen LogP contribution in [0.2, 0.25) is 0 Å². The first kappa shape index (κ1) is 21.9. The van der Waals surface area contributed by atoms with E-state index in [2.05, 4.69) is 10.3 Å². The third-order valence-corrected chi connectivity index (χ3v) is 9.18. The van der Waals surface area contributed by atoms with Gasteiger partial charge in [-0.2, -0.15) is 4.31 Å². The van der Waals surface area contributed by atoms with Gasteiger partial charge in [-0.15, -0.1) is 11.3 Å². The number of anilines is 1. The van der Waals surface area contributed by atoms with Crippen LogP contribution in [0.4, 0.5) is 5.82 Å². The van der Waals surface area contributed by atoms with Crippen LogP contribution in [0.15, 0.2) is 40.1 Å². The Bertz CT molecular complexity index is 1060. The molecule has 1 N–H and O–H groups in total. The van der Waals surface area contributed by atoms with Crippen LogP contribution in [0.25, 0.3) is 0 Å². The van der Waals surface area contributed by atoms with Crippen LogP contribution in [-0.4, -0.2) is 60.1 Å². The van der Waals surface area contributed by atoms with E-state index in [1.54, 1.807) is 28.6 Å². The number of nitrogens with one attached hydrogen (secondary N) is 1. The summed E-state index contributed by atoms with van der Waals surface area (Å²) in [7, 11) is -3.69. The van der Waals surface area contributed by atoms with Crippen molar-refractivity contribution in [2.45, 2.75) is 42.9 Å². The zero-order valence-corrected chi connectivity index (χ0v) is 19.0. The van der Waals surface area contributed by atoms with Crippen molar-refractivity contribution in [3.8, 4) is 0 Å². The summed E-state index contributed by atoms with van der Waals surface area (Å²) < 4.78 is 27.6. The van der Waals surface area contributed by atoms with Gasteiger partial charge in [-0.25, -0.2) is 13.4 Å². The molecule has 0 aromatic carbocycles. The molecule has 8 nitrogen and oxygen atoms in total. The van der Waals surface area contributed by atoms with E-state index in [1.165, 1.54) is 4.31 Å². The van der Waals surface area contributed by atoms with Crippen LogP contribution in [0, 0.1) is 12.8 Å². The van der Waals surface area contributed by atoms with Crippen LogP contribution in [-0.2, 0) is 19.6 Å². The van der Waals surface area contributed by atoms with Crippen LogP contribution >= 0.6 is 11.3 Å². The zero-order valence-electron chi connectivity index (χ0n) is 17.4. The smallest absolute Gasteiger partial charge is 0.253 e. The minimum atomic E-state index is -3.69. The maximum absolute atomic E-state index is 13.3. The number of aryl methyl sites for hydroxylation is 1. The van der Waals surface area contributed by atoms with Gasteiger partial charge in [0, 0.05) is 25.8 Å². The molecule has 4 rings (SSSR count). The second kappa shape index (κ2) is 9.05. The number of piperidine rings is 1. The summed E-state index contributed by atoms with van der Waals surface area (Å²) in [5.74, 6) is -0.180. The van der Waals surface area contributed by atoms with Gasteiger partial charge >= 0.3 is 0 Å². The minimum Gasteiger partial charge on any atom is -0.341 e. The fourth-order valence-corrected chi connectivity index (χ4v) is 7.01. The summed E-state index contributed by atoms with van der Waals surface area (Å²) >= 11 is 1.16. The first-order valence-electron chi connectivity index (χ1n) is 10.4. The Balaban J connectivity index is 1.45. The Kier molecular flexibility index (Phi) is 6.40. The van der Waals surface area contributed by atoms with Gasteiger partial charge < -0.3 is 10.2 Å². The van der Waals surface area contributed by atoms with Crippen LogP contribution in [0.1, 0.15) is 31.2 Å². The summed E-state index contributed by atoms with van der Waals surface area (Å²) in [5, 5.41) is 4.59. The van der Waals surface area contributed by atoms with Gasteiger partial charge in [0.2, 0.25) is 11.8 Å². The fraction of sp³-hybridized carbons (Fsp3) is 0.476. The average molecular weight is 463 g/mol. The molecule has 2 saturated heterocycles. The molecule has 2 fully saturated rings. The molecular weight excluding hydrogens is 436 g/mol. The van der Waals surface area contributed by atoms with Crippen molar-refractivity contribution in [2.75, 3.05) is 25.0 Å². The highest BCUT2D eigenvalue weighted by Crippen LogP contribution is 2.30. The molecular formula is C21H26N4O4S2. The van der Waals surface area contributed by atoms with E-state index in [0.29, 0.717) is 51.1 Å². The highest BCUT2D eigenvalue weighted by molar-refractivity contribution is 7.91. The lowest BCUT2D eigenvalue weighted by molar-refractivity contribution is -0.137. The van der Waals surface area contributed by atoms with E-state index in [0.717, 1.165) is 16.9 Å². The summed E-state index contributed by atoms with van der Waals surface area (Å²) in [6.07, 6.45) is 4.17. The molecule has 0 spiro atoms. The highest BCUT2D eigenvalue weighted by Gasteiger charge is 2.42. The Morgan fingerprint density at radius 3 is 2.71 bits per heavy atom. The fourth-order valence-electron chi connectivity index (χ4n) is 4.24. The molecule has 2 unspecified atom stereocenters. The molecule has 10 heteroatoms. The number of carbonyl (C=O) groups is 2. The van der Waals surface area contributed by atoms with Crippen molar-refractivity contribution in [1.82, 2.24) is 14.2 Å². The molecule has 2 amide bonds. The molecule has 166 valence electrons. The molecule has 2 aromatic heterocycles. The van der Waals surface area contributed by atoms with Crippen molar-refractivity contribution in [1.29, 1.82) is 0 Å². The van der Waals surface area contributed by atoms with Crippen molar-refractivity contribution in [3.05, 3.63) is 41.4 Å². The number of aromatic nitrogens is 1. The number of thiophene rings is 1. The lowest BCUT2D eigenvalue weighted by Gasteiger charge is -2.35. The van der Waals surface area contributed by atoms with Crippen molar-refractivity contribution < 1.29 is 18.0 Å². The number of carbonyl (C=O) groups excluding carboxylic acids is 2. The Hall–Kier alpha value is -2.30. The van der Waals surface area contributed by atoms with Gasteiger partial charge in [-0.05, 0) is 55.7 Å². The van der Waals surface area contributed by atoms with Gasteiger partial charge in [0.05, 0.1) is 5.92 Å². The number of rotatable bonds is 5. The lowest BCUT2D eigenvalue weighted by Crippen LogP contribution is -2.51. The van der Waals surface area contributed by atoms with E-state index in [9.17, 15) is 18.0 Å². The van der Waals surface area contributed by atoms with E-state index in [-0.39, 0.29) is 21.9 Å². The normalized spacial score (nSPS) is 22.4. The van der Waals surface area contributed by atoms with Crippen molar-refractivity contribution in [3.63, 3.8) is 0 Å². The van der Waals surface area contributed by atoms with E-state index in [4.69, 9.17) is 0 Å². The van der Waals surface area contributed by atoms with E-state index in [1.807, 2.05) is 19.1 Å². The summed E-state index contributed by atoms with van der Waals surface area (Å²) in [6, 6.07) is 6.25. The van der Waals surface area contributed by atoms with Gasteiger partial charge in [0.1, 0.15) is 16.1 Å². The zero-order chi connectivity index (χ0) is 22.0. The molecule has 0 bridgehead atoms. The number of likely N-dealkylation sites (tertiary alicyclic amines) is 1. The number of hydrogen-bond donors (Lipinski definition) is 1. The first-order chi connectivity index (χ1) is 14.9. The van der Waals surface area contributed by atoms with Gasteiger partial charge in [0.25, 0.3) is 10.0 Å². The minimum absolute atomic E-state index is 0.159. The molecule has 0 radical (unpaired) electrons. The van der Waals surface area contributed by atoms with Crippen molar-refractivity contribution >= 4 is 39.0 Å². The maximum atomic E-state index is 13.3. The Morgan fingerprint density at radius 1 is 1.16 bits per heavy atom. The average Bonchev–Trinajstić information content (AvgIpc) is 3.48. The number of sulfonamides is 1. The van der Waals surface area contributed by atoms with Crippen LogP contribution < -0.4 is 5.32 Å². The number of pyridine rings is 1. The van der Waals surface area contributed by atoms with Crippen LogP contribution in [0.5, 0.6) is 0 Å². The number of nitrogens with zero attached hydrogens (tertiary/aromatic N) is 3. The third-order valence-electron chi connectivity index (χ3n) is 5.90.